The second kappa shape index (κ2) is 5.58. The van der Waals surface area contributed by atoms with Crippen molar-refractivity contribution in [2.45, 2.75) is 26.3 Å². The van der Waals surface area contributed by atoms with Crippen LogP contribution in [0.3, 0.4) is 0 Å². The number of rotatable bonds is 6. The fourth-order valence-electron chi connectivity index (χ4n) is 2.12. The van der Waals surface area contributed by atoms with Crippen molar-refractivity contribution in [1.29, 1.82) is 0 Å². The molecule has 0 radical (unpaired) electrons. The van der Waals surface area contributed by atoms with Crippen LogP contribution >= 0.6 is 0 Å². The van der Waals surface area contributed by atoms with E-state index >= 15 is 0 Å². The molecule has 20 heavy (non-hydrogen) atoms. The summed E-state index contributed by atoms with van der Waals surface area (Å²) in [4.78, 5) is 23.1. The number of carbonyl (C=O) groups excluding carboxylic acids is 1. The molecule has 1 aromatic carbocycles. The minimum absolute atomic E-state index is 0.0599. The van der Waals surface area contributed by atoms with Gasteiger partial charge in [0.25, 0.3) is 0 Å². The molecule has 0 spiro atoms. The SMILES string of the molecule is CCC(C)C(=O)c1cc(C2CN2)cc([N+](=O)[O-])c1OC. The number of methoxy groups -OCH3 is 1. The fourth-order valence-corrected chi connectivity index (χ4v) is 2.12. The van der Waals surface area contributed by atoms with Gasteiger partial charge in [0.15, 0.2) is 5.78 Å². The van der Waals surface area contributed by atoms with Crippen LogP contribution in [0, 0.1) is 16.0 Å². The molecular weight excluding hydrogens is 260 g/mol. The van der Waals surface area contributed by atoms with Crippen LogP contribution < -0.4 is 10.1 Å². The van der Waals surface area contributed by atoms with Crippen molar-refractivity contribution < 1.29 is 14.5 Å². The number of nitrogens with one attached hydrogen (secondary N) is 1. The molecule has 1 aliphatic heterocycles. The van der Waals surface area contributed by atoms with Gasteiger partial charge in [-0.15, -0.1) is 0 Å². The van der Waals surface area contributed by atoms with E-state index in [1.54, 1.807) is 6.07 Å². The molecule has 1 fully saturated rings. The minimum Gasteiger partial charge on any atom is -0.490 e. The summed E-state index contributed by atoms with van der Waals surface area (Å²) >= 11 is 0. The molecular formula is C14H18N2O4. The number of nitro groups is 1. The molecule has 108 valence electrons. The Kier molecular flexibility index (Phi) is 4.04. The number of Topliss-reactive ketones (excluding diaryl/α,β-unsaturated/α-hetero) is 1. The standard InChI is InChI=1S/C14H18N2O4/c1-4-8(2)13(17)10-5-9(11-7-15-11)6-12(16(18)19)14(10)20-3/h5-6,8,11,15H,4,7H2,1-3H3. The molecule has 6 nitrogen and oxygen atoms in total. The molecule has 0 amide bonds. The van der Waals surface area contributed by atoms with Gasteiger partial charge in [0.1, 0.15) is 0 Å². The third-order valence-corrected chi connectivity index (χ3v) is 3.63. The predicted molar refractivity (Wildman–Crippen MR) is 74.2 cm³/mol. The van der Waals surface area contributed by atoms with E-state index in [0.29, 0.717) is 12.0 Å². The summed E-state index contributed by atoms with van der Waals surface area (Å²) in [6.45, 7) is 4.51. The molecule has 0 bridgehead atoms. The number of nitro benzene ring substituents is 1. The number of benzene rings is 1. The average Bonchev–Trinajstić information content (AvgIpc) is 3.28. The average molecular weight is 278 g/mol. The lowest BCUT2D eigenvalue weighted by Crippen LogP contribution is -2.13. The van der Waals surface area contributed by atoms with Crippen molar-refractivity contribution >= 4 is 11.5 Å². The largest absolute Gasteiger partial charge is 0.490 e. The van der Waals surface area contributed by atoms with E-state index < -0.39 is 4.92 Å². The maximum absolute atomic E-state index is 12.4. The second-order valence-corrected chi connectivity index (χ2v) is 5.01. The van der Waals surface area contributed by atoms with Crippen LogP contribution in [-0.2, 0) is 0 Å². The maximum atomic E-state index is 12.4. The summed E-state index contributed by atoms with van der Waals surface area (Å²) in [7, 11) is 1.35. The number of nitrogens with zero attached hydrogens (tertiary/aromatic N) is 1. The van der Waals surface area contributed by atoms with Gasteiger partial charge in [-0.05, 0) is 18.1 Å². The lowest BCUT2D eigenvalue weighted by molar-refractivity contribution is -0.385. The molecule has 2 rings (SSSR count). The first-order valence-electron chi connectivity index (χ1n) is 6.63. The van der Waals surface area contributed by atoms with Crippen molar-refractivity contribution in [3.8, 4) is 5.75 Å². The van der Waals surface area contributed by atoms with Gasteiger partial charge >= 0.3 is 5.69 Å². The molecule has 2 atom stereocenters. The number of hydrogen-bond acceptors (Lipinski definition) is 5. The molecule has 1 heterocycles. The topological polar surface area (TPSA) is 91.4 Å². The molecule has 1 aromatic rings. The number of ketones is 1. The lowest BCUT2D eigenvalue weighted by atomic mass is 9.94. The Morgan fingerprint density at radius 2 is 2.25 bits per heavy atom. The number of hydrogen-bond donors (Lipinski definition) is 1. The van der Waals surface area contributed by atoms with Crippen molar-refractivity contribution in [3.63, 3.8) is 0 Å². The zero-order chi connectivity index (χ0) is 14.9. The van der Waals surface area contributed by atoms with Gasteiger partial charge < -0.3 is 10.1 Å². The Hall–Kier alpha value is -1.95. The Morgan fingerprint density at radius 3 is 2.70 bits per heavy atom. The smallest absolute Gasteiger partial charge is 0.312 e. The van der Waals surface area contributed by atoms with Crippen LogP contribution in [0.4, 0.5) is 5.69 Å². The van der Waals surface area contributed by atoms with E-state index in [-0.39, 0.29) is 29.2 Å². The van der Waals surface area contributed by atoms with E-state index in [1.807, 2.05) is 13.8 Å². The van der Waals surface area contributed by atoms with Gasteiger partial charge in [-0.1, -0.05) is 13.8 Å². The maximum Gasteiger partial charge on any atom is 0.312 e. The van der Waals surface area contributed by atoms with Crippen LogP contribution in [-0.4, -0.2) is 24.4 Å². The molecule has 1 aliphatic rings. The van der Waals surface area contributed by atoms with E-state index in [9.17, 15) is 14.9 Å². The normalized spacial score (nSPS) is 18.4. The molecule has 0 aliphatic carbocycles. The molecule has 1 N–H and O–H groups in total. The van der Waals surface area contributed by atoms with Gasteiger partial charge in [0.05, 0.1) is 17.6 Å². The highest BCUT2D eigenvalue weighted by Crippen LogP contribution is 2.37. The summed E-state index contributed by atoms with van der Waals surface area (Å²) in [6.07, 6.45) is 0.682. The van der Waals surface area contributed by atoms with Crippen LogP contribution in [0.25, 0.3) is 0 Å². The van der Waals surface area contributed by atoms with Crippen molar-refractivity contribution in [3.05, 3.63) is 33.4 Å². The summed E-state index contributed by atoms with van der Waals surface area (Å²) in [5.74, 6) is -0.245. The van der Waals surface area contributed by atoms with Gasteiger partial charge in [-0.3, -0.25) is 14.9 Å². The zero-order valence-corrected chi connectivity index (χ0v) is 11.8. The predicted octanol–water partition coefficient (Wildman–Crippen LogP) is 2.48. The Balaban J connectivity index is 2.57. The van der Waals surface area contributed by atoms with Gasteiger partial charge in [-0.25, -0.2) is 0 Å². The van der Waals surface area contributed by atoms with E-state index in [4.69, 9.17) is 4.74 Å². The molecule has 2 unspecified atom stereocenters. The molecule has 0 aromatic heterocycles. The van der Waals surface area contributed by atoms with Gasteiger partial charge in [0.2, 0.25) is 5.75 Å². The van der Waals surface area contributed by atoms with E-state index in [0.717, 1.165) is 12.1 Å². The van der Waals surface area contributed by atoms with Crippen LogP contribution in [0.2, 0.25) is 0 Å². The third kappa shape index (κ3) is 2.65. The highest BCUT2D eigenvalue weighted by Gasteiger charge is 2.31. The second-order valence-electron chi connectivity index (χ2n) is 5.01. The first-order valence-corrected chi connectivity index (χ1v) is 6.63. The fraction of sp³-hybridized carbons (Fsp3) is 0.500. The number of ether oxygens (including phenoxy) is 1. The Labute approximate surface area is 117 Å². The molecule has 1 saturated heterocycles. The Morgan fingerprint density at radius 1 is 1.60 bits per heavy atom. The third-order valence-electron chi connectivity index (χ3n) is 3.63. The summed E-state index contributed by atoms with van der Waals surface area (Å²) in [5.41, 5.74) is 0.925. The Bertz CT molecular complexity index is 552. The van der Waals surface area contributed by atoms with E-state index in [2.05, 4.69) is 5.32 Å². The first kappa shape index (κ1) is 14.5. The zero-order valence-electron chi connectivity index (χ0n) is 11.8. The summed E-state index contributed by atoms with van der Waals surface area (Å²) in [6, 6.07) is 3.30. The van der Waals surface area contributed by atoms with Crippen molar-refractivity contribution in [2.75, 3.05) is 13.7 Å². The van der Waals surface area contributed by atoms with Crippen LogP contribution in [0.15, 0.2) is 12.1 Å². The highest BCUT2D eigenvalue weighted by molar-refractivity contribution is 6.01. The number of carbonyl (C=O) groups is 1. The van der Waals surface area contributed by atoms with Gasteiger partial charge in [0, 0.05) is 24.6 Å². The van der Waals surface area contributed by atoms with Crippen molar-refractivity contribution in [1.82, 2.24) is 5.32 Å². The van der Waals surface area contributed by atoms with Crippen LogP contribution in [0.5, 0.6) is 5.75 Å². The quantitative estimate of drug-likeness (QED) is 0.373. The monoisotopic (exact) mass is 278 g/mol. The molecule has 0 saturated carbocycles. The van der Waals surface area contributed by atoms with Gasteiger partial charge in [-0.2, -0.15) is 0 Å². The van der Waals surface area contributed by atoms with Crippen molar-refractivity contribution in [2.24, 2.45) is 5.92 Å². The molecule has 6 heteroatoms. The lowest BCUT2D eigenvalue weighted by Gasteiger charge is -2.13. The first-order chi connectivity index (χ1) is 9.49. The summed E-state index contributed by atoms with van der Waals surface area (Å²) in [5, 5.41) is 14.3. The van der Waals surface area contributed by atoms with Crippen LogP contribution in [0.1, 0.15) is 42.2 Å². The van der Waals surface area contributed by atoms with E-state index in [1.165, 1.54) is 13.2 Å². The highest BCUT2D eigenvalue weighted by atomic mass is 16.6. The summed E-state index contributed by atoms with van der Waals surface area (Å²) < 4.78 is 5.13. The minimum atomic E-state index is -0.502.